The molecule has 1 unspecified atom stereocenters. The lowest BCUT2D eigenvalue weighted by Gasteiger charge is -2.44. The van der Waals surface area contributed by atoms with Gasteiger partial charge in [0, 0.05) is 40.0 Å². The fourth-order valence-electron chi connectivity index (χ4n) is 5.21. The number of benzene rings is 3. The second-order valence-electron chi connectivity index (χ2n) is 9.81. The average molecular weight is 560 g/mol. The van der Waals surface area contributed by atoms with Crippen LogP contribution in [0.25, 0.3) is 22.0 Å². The Morgan fingerprint density at radius 1 is 1.11 bits per heavy atom. The fourth-order valence-corrected chi connectivity index (χ4v) is 5.68. The number of nitrogens with one attached hydrogen (secondary N) is 3. The largest absolute Gasteiger partial charge is 0.495 e. The van der Waals surface area contributed by atoms with Crippen LogP contribution >= 0.6 is 23.2 Å². The van der Waals surface area contributed by atoms with Crippen molar-refractivity contribution in [1.29, 1.82) is 0 Å². The summed E-state index contributed by atoms with van der Waals surface area (Å²) in [6, 6.07) is 11.2. The number of carbonyl (C=O) groups is 1. The molecular formula is C28H25Cl2F2N3O3. The topological polar surface area (TPSA) is 75.4 Å². The summed E-state index contributed by atoms with van der Waals surface area (Å²) in [6.45, 7) is 5.36. The molecule has 6 nitrogen and oxygen atoms in total. The third-order valence-corrected chi connectivity index (χ3v) is 7.51. The minimum Gasteiger partial charge on any atom is -0.495 e. The van der Waals surface area contributed by atoms with Crippen LogP contribution < -0.4 is 15.4 Å². The van der Waals surface area contributed by atoms with E-state index in [0.29, 0.717) is 43.6 Å². The van der Waals surface area contributed by atoms with Crippen LogP contribution in [0.15, 0.2) is 48.7 Å². The van der Waals surface area contributed by atoms with Gasteiger partial charge in [-0.1, -0.05) is 48.3 Å². The van der Waals surface area contributed by atoms with Crippen LogP contribution in [0, 0.1) is 11.6 Å². The van der Waals surface area contributed by atoms with E-state index in [2.05, 4.69) is 15.6 Å². The molecule has 38 heavy (non-hydrogen) atoms. The van der Waals surface area contributed by atoms with Crippen LogP contribution in [-0.4, -0.2) is 29.8 Å². The Labute approximate surface area is 228 Å². The Morgan fingerprint density at radius 3 is 2.58 bits per heavy atom. The number of fused-ring (bicyclic) bond motifs is 2. The van der Waals surface area contributed by atoms with Gasteiger partial charge in [0.1, 0.15) is 23.5 Å². The van der Waals surface area contributed by atoms with Crippen molar-refractivity contribution in [3.8, 4) is 16.9 Å². The summed E-state index contributed by atoms with van der Waals surface area (Å²) in [4.78, 5) is 15.9. The standard InChI is InChI=1S/C28H25Cl2F2N3O3/c1-13-22-20(11-19(31)23(24(22)32)16-7-5-6-15-18(30)12-33-25(15)16)35-28(2,3)26(13)38-27(36)34-14-8-9-21(37-4)17(29)10-14/h5-13,26,33,35H,1-4H3,(H,34,36)/t13-,26?/m0/s1. The first-order valence-electron chi connectivity index (χ1n) is 11.9. The molecule has 4 aromatic rings. The number of ether oxygens (including phenoxy) is 2. The van der Waals surface area contributed by atoms with Gasteiger partial charge >= 0.3 is 6.09 Å². The van der Waals surface area contributed by atoms with Crippen molar-refractivity contribution < 1.29 is 23.0 Å². The van der Waals surface area contributed by atoms with Crippen molar-refractivity contribution in [2.24, 2.45) is 0 Å². The van der Waals surface area contributed by atoms with E-state index >= 15 is 8.78 Å². The molecule has 198 valence electrons. The molecule has 3 N–H and O–H groups in total. The van der Waals surface area contributed by atoms with Crippen molar-refractivity contribution in [3.63, 3.8) is 0 Å². The third-order valence-electron chi connectivity index (χ3n) is 6.90. The molecular weight excluding hydrogens is 535 g/mol. The van der Waals surface area contributed by atoms with E-state index in [-0.39, 0.29) is 11.1 Å². The number of aromatic amines is 1. The van der Waals surface area contributed by atoms with Crippen LogP contribution in [0.3, 0.4) is 0 Å². The van der Waals surface area contributed by atoms with Gasteiger partial charge in [-0.3, -0.25) is 5.32 Å². The normalized spacial score (nSPS) is 18.0. The van der Waals surface area contributed by atoms with Gasteiger partial charge in [-0.15, -0.1) is 0 Å². The zero-order valence-corrected chi connectivity index (χ0v) is 22.5. The maximum absolute atomic E-state index is 16.2. The summed E-state index contributed by atoms with van der Waals surface area (Å²) in [5, 5.41) is 7.24. The Bertz CT molecular complexity index is 1570. The van der Waals surface area contributed by atoms with E-state index in [0.717, 1.165) is 0 Å². The summed E-state index contributed by atoms with van der Waals surface area (Å²) in [5.41, 5.74) is 0.782. The van der Waals surface area contributed by atoms with E-state index in [1.54, 1.807) is 57.3 Å². The molecule has 1 amide bonds. The van der Waals surface area contributed by atoms with Crippen LogP contribution in [0.5, 0.6) is 5.75 Å². The summed E-state index contributed by atoms with van der Waals surface area (Å²) in [5.74, 6) is -1.60. The van der Waals surface area contributed by atoms with Crippen molar-refractivity contribution in [2.45, 2.75) is 38.3 Å². The van der Waals surface area contributed by atoms with Gasteiger partial charge in [0.05, 0.1) is 33.8 Å². The molecule has 0 spiro atoms. The number of anilines is 2. The Balaban J connectivity index is 1.50. The highest BCUT2D eigenvalue weighted by Gasteiger charge is 2.45. The molecule has 0 saturated carbocycles. The quantitative estimate of drug-likeness (QED) is 0.235. The van der Waals surface area contributed by atoms with Crippen LogP contribution in [-0.2, 0) is 4.74 Å². The van der Waals surface area contributed by atoms with E-state index in [4.69, 9.17) is 32.7 Å². The second-order valence-corrected chi connectivity index (χ2v) is 10.6. The summed E-state index contributed by atoms with van der Waals surface area (Å²) in [6.07, 6.45) is 0.0389. The smallest absolute Gasteiger partial charge is 0.412 e. The number of hydrogen-bond acceptors (Lipinski definition) is 4. The molecule has 1 aliphatic rings. The Kier molecular flexibility index (Phi) is 6.65. The first-order chi connectivity index (χ1) is 18.0. The SMILES string of the molecule is COc1ccc(NC(=O)OC2[C@@H](C)c3c(cc(F)c(-c4cccc5c(Cl)c[nH]c45)c3F)NC2(C)C)cc1Cl. The molecule has 3 aromatic carbocycles. The number of para-hydroxylation sites is 1. The molecule has 0 saturated heterocycles. The van der Waals surface area contributed by atoms with E-state index < -0.39 is 35.3 Å². The number of carbonyl (C=O) groups excluding carboxylic acids is 1. The number of amides is 1. The third kappa shape index (κ3) is 4.41. The minimum absolute atomic E-state index is 0.183. The minimum atomic E-state index is -0.839. The number of aromatic nitrogens is 1. The predicted molar refractivity (Wildman–Crippen MR) is 147 cm³/mol. The highest BCUT2D eigenvalue weighted by Crippen LogP contribution is 2.46. The van der Waals surface area contributed by atoms with Crippen molar-refractivity contribution in [3.05, 3.63) is 75.9 Å². The molecule has 5 rings (SSSR count). The molecule has 2 atom stereocenters. The molecule has 1 aliphatic heterocycles. The van der Waals surface area contributed by atoms with Gasteiger partial charge in [-0.2, -0.15) is 0 Å². The molecule has 0 radical (unpaired) electrons. The summed E-state index contributed by atoms with van der Waals surface area (Å²) >= 11 is 12.4. The number of methoxy groups -OCH3 is 1. The lowest BCUT2D eigenvalue weighted by molar-refractivity contribution is 0.0561. The number of H-pyrrole nitrogens is 1. The lowest BCUT2D eigenvalue weighted by Crippen LogP contribution is -2.52. The van der Waals surface area contributed by atoms with Gasteiger partial charge in [-0.25, -0.2) is 13.6 Å². The first-order valence-corrected chi connectivity index (χ1v) is 12.6. The first kappa shape index (κ1) is 26.1. The Hall–Kier alpha value is -3.49. The van der Waals surface area contributed by atoms with E-state index in [9.17, 15) is 4.79 Å². The van der Waals surface area contributed by atoms with Crippen LogP contribution in [0.4, 0.5) is 25.0 Å². The monoisotopic (exact) mass is 559 g/mol. The van der Waals surface area contributed by atoms with Gasteiger partial charge in [0.25, 0.3) is 0 Å². The van der Waals surface area contributed by atoms with Gasteiger partial charge in [0.15, 0.2) is 0 Å². The molecule has 10 heteroatoms. The average Bonchev–Trinajstić information content (AvgIpc) is 3.23. The zero-order chi connectivity index (χ0) is 27.4. The van der Waals surface area contributed by atoms with E-state index in [1.807, 2.05) is 0 Å². The maximum atomic E-state index is 16.2. The summed E-state index contributed by atoms with van der Waals surface area (Å²) in [7, 11) is 1.49. The predicted octanol–water partition coefficient (Wildman–Crippen LogP) is 8.35. The molecule has 2 heterocycles. The van der Waals surface area contributed by atoms with Crippen molar-refractivity contribution >= 4 is 51.6 Å². The highest BCUT2D eigenvalue weighted by molar-refractivity contribution is 6.36. The van der Waals surface area contributed by atoms with Gasteiger partial charge < -0.3 is 19.8 Å². The second kappa shape index (κ2) is 9.67. The number of rotatable bonds is 4. The lowest BCUT2D eigenvalue weighted by atomic mass is 9.77. The highest BCUT2D eigenvalue weighted by atomic mass is 35.5. The molecule has 0 fully saturated rings. The van der Waals surface area contributed by atoms with Crippen LogP contribution in [0.2, 0.25) is 10.0 Å². The van der Waals surface area contributed by atoms with Crippen LogP contribution in [0.1, 0.15) is 32.3 Å². The van der Waals surface area contributed by atoms with Crippen molar-refractivity contribution in [1.82, 2.24) is 4.98 Å². The van der Waals surface area contributed by atoms with Gasteiger partial charge in [-0.05, 0) is 38.1 Å². The fraction of sp³-hybridized carbons (Fsp3) is 0.250. The number of halogens is 4. The summed E-state index contributed by atoms with van der Waals surface area (Å²) < 4.78 is 42.6. The maximum Gasteiger partial charge on any atom is 0.412 e. The van der Waals surface area contributed by atoms with Crippen molar-refractivity contribution in [2.75, 3.05) is 17.7 Å². The molecule has 1 aromatic heterocycles. The number of hydrogen-bond donors (Lipinski definition) is 3. The van der Waals surface area contributed by atoms with E-state index in [1.165, 1.54) is 19.2 Å². The van der Waals surface area contributed by atoms with Gasteiger partial charge in [0.2, 0.25) is 0 Å². The molecule has 0 aliphatic carbocycles. The molecule has 0 bridgehead atoms. The zero-order valence-electron chi connectivity index (χ0n) is 21.0. The Morgan fingerprint density at radius 2 is 1.87 bits per heavy atom.